The first-order chi connectivity index (χ1) is 22.9. The van der Waals surface area contributed by atoms with Gasteiger partial charge in [0.2, 0.25) is 5.75 Å². The quantitative estimate of drug-likeness (QED) is 0.124. The van der Waals surface area contributed by atoms with E-state index in [1.165, 1.54) is 11.8 Å². The van der Waals surface area contributed by atoms with Gasteiger partial charge in [0, 0.05) is 21.9 Å². The number of rotatable bonds is 7. The Morgan fingerprint density at radius 1 is 0.809 bits per heavy atom. The summed E-state index contributed by atoms with van der Waals surface area (Å²) < 4.78 is 0. The predicted octanol–water partition coefficient (Wildman–Crippen LogP) is 11.9. The zero-order valence-corrected chi connectivity index (χ0v) is 26.9. The van der Waals surface area contributed by atoms with Crippen molar-refractivity contribution in [3.8, 4) is 39.5 Å². The third-order valence-electron chi connectivity index (χ3n) is 9.19. The van der Waals surface area contributed by atoms with E-state index in [1.54, 1.807) is 0 Å². The second kappa shape index (κ2) is 12.1. The van der Waals surface area contributed by atoms with Gasteiger partial charge in [-0.3, -0.25) is 0 Å². The number of aromatic hydroxyl groups is 3. The summed E-state index contributed by atoms with van der Waals surface area (Å²) in [6.07, 6.45) is 18.6. The monoisotopic (exact) mass is 630 g/mol. The molecule has 0 saturated heterocycles. The van der Waals surface area contributed by atoms with E-state index in [-0.39, 0.29) is 17.4 Å². The zero-order chi connectivity index (χ0) is 32.8. The highest BCUT2D eigenvalue weighted by atomic mass is 32.2. The molecule has 2 bridgehead atoms. The highest BCUT2D eigenvalue weighted by Crippen LogP contribution is 2.60. The van der Waals surface area contributed by atoms with Crippen molar-refractivity contribution >= 4 is 51.0 Å². The standard InChI is InChI=1S/C43H34O3S/c1-5-9-13-25(6-2)27-20-23-32-28(24-27)14-12-17-33(32)37-30(7-3)31(8-4)38(35-16-11-10-15-34(35)37)39-36-26-18-21-29(22-19-26)47-43(36)42(46)41(45)40(39)44/h5-18,20-24,26,44-46H,2-4,19H2,1H3/b9-5-,25-13+. The summed E-state index contributed by atoms with van der Waals surface area (Å²) in [5.41, 5.74) is 7.88. The van der Waals surface area contributed by atoms with Crippen molar-refractivity contribution in [2.75, 3.05) is 0 Å². The largest absolute Gasteiger partial charge is 0.504 e. The van der Waals surface area contributed by atoms with Crippen molar-refractivity contribution in [3.05, 3.63) is 150 Å². The van der Waals surface area contributed by atoms with Gasteiger partial charge in [0.15, 0.2) is 11.5 Å². The number of allylic oxidation sites excluding steroid dienone is 8. The van der Waals surface area contributed by atoms with E-state index in [4.69, 9.17) is 0 Å². The summed E-state index contributed by atoms with van der Waals surface area (Å²) in [5.74, 6) is -1.26. The molecule has 5 aromatic rings. The molecule has 2 aliphatic heterocycles. The van der Waals surface area contributed by atoms with E-state index in [0.29, 0.717) is 10.5 Å². The lowest BCUT2D eigenvalue weighted by Crippen LogP contribution is -2.03. The van der Waals surface area contributed by atoms with Crippen LogP contribution in [-0.2, 0) is 0 Å². The van der Waals surface area contributed by atoms with Gasteiger partial charge in [-0.1, -0.05) is 141 Å². The second-order valence-corrected chi connectivity index (χ2v) is 12.8. The fraction of sp³-hybridized carbons (Fsp3) is 0.0698. The first kappa shape index (κ1) is 30.2. The summed E-state index contributed by atoms with van der Waals surface area (Å²) in [6, 6.07) is 21.0. The third-order valence-corrected chi connectivity index (χ3v) is 10.4. The molecule has 0 radical (unpaired) electrons. The average molecular weight is 631 g/mol. The molecule has 0 amide bonds. The molecule has 3 nitrogen and oxygen atoms in total. The van der Waals surface area contributed by atoms with Gasteiger partial charge in [-0.2, -0.15) is 0 Å². The molecule has 1 aliphatic carbocycles. The third kappa shape index (κ3) is 4.76. The number of thioether (sulfide) groups is 1. The minimum Gasteiger partial charge on any atom is -0.504 e. The molecule has 3 aliphatic rings. The summed E-state index contributed by atoms with van der Waals surface area (Å²) >= 11 is 1.41. The molecular formula is C43H34O3S. The van der Waals surface area contributed by atoms with Gasteiger partial charge in [-0.15, -0.1) is 0 Å². The smallest absolute Gasteiger partial charge is 0.202 e. The molecule has 230 valence electrons. The summed E-state index contributed by atoms with van der Waals surface area (Å²) in [7, 11) is 0. The Hall–Kier alpha value is -5.45. The molecule has 8 rings (SSSR count). The molecule has 0 spiro atoms. The molecule has 4 heteroatoms. The highest BCUT2D eigenvalue weighted by Gasteiger charge is 2.34. The number of phenols is 3. The van der Waals surface area contributed by atoms with Crippen molar-refractivity contribution in [1.82, 2.24) is 0 Å². The fourth-order valence-corrected chi connectivity index (χ4v) is 8.17. The molecule has 0 saturated carbocycles. The van der Waals surface area contributed by atoms with Crippen LogP contribution >= 0.6 is 11.8 Å². The topological polar surface area (TPSA) is 60.7 Å². The summed E-state index contributed by atoms with van der Waals surface area (Å²) in [4.78, 5) is 1.56. The van der Waals surface area contributed by atoms with Crippen LogP contribution in [0.1, 0.15) is 41.5 Å². The first-order valence-electron chi connectivity index (χ1n) is 15.6. The van der Waals surface area contributed by atoms with Gasteiger partial charge in [-0.05, 0) is 79.9 Å². The maximum absolute atomic E-state index is 11.7. The van der Waals surface area contributed by atoms with Crippen LogP contribution in [0.2, 0.25) is 0 Å². The van der Waals surface area contributed by atoms with Gasteiger partial charge in [0.25, 0.3) is 0 Å². The second-order valence-electron chi connectivity index (χ2n) is 11.7. The van der Waals surface area contributed by atoms with E-state index in [9.17, 15) is 15.3 Å². The Balaban J connectivity index is 1.57. The zero-order valence-electron chi connectivity index (χ0n) is 26.1. The molecule has 47 heavy (non-hydrogen) atoms. The molecular weight excluding hydrogens is 597 g/mol. The SMILES string of the molecule is C=C/C(=C\C=C/C)c1ccc2c(-c3c(C=C)c(C=C)c(-c4c(O)c(O)c(O)c5c4C4C=CC(=CC4)S5)c4ccccc34)cccc2c1. The van der Waals surface area contributed by atoms with Crippen molar-refractivity contribution < 1.29 is 15.3 Å². The van der Waals surface area contributed by atoms with E-state index in [0.717, 1.165) is 77.4 Å². The number of benzene rings is 5. The fourth-order valence-electron chi connectivity index (χ4n) is 7.05. The number of phenolic OH excluding ortho intramolecular Hbond substituents is 3. The van der Waals surface area contributed by atoms with Gasteiger partial charge in [0.1, 0.15) is 0 Å². The summed E-state index contributed by atoms with van der Waals surface area (Å²) in [5, 5.41) is 38.0. The van der Waals surface area contributed by atoms with Crippen molar-refractivity contribution in [1.29, 1.82) is 0 Å². The number of hydrogen-bond donors (Lipinski definition) is 3. The van der Waals surface area contributed by atoms with Crippen molar-refractivity contribution in [3.63, 3.8) is 0 Å². The van der Waals surface area contributed by atoms with Crippen LogP contribution in [0.5, 0.6) is 17.2 Å². The van der Waals surface area contributed by atoms with Gasteiger partial charge >= 0.3 is 0 Å². The van der Waals surface area contributed by atoms with Gasteiger partial charge in [0.05, 0.1) is 4.90 Å². The maximum Gasteiger partial charge on any atom is 0.202 e. The Morgan fingerprint density at radius 3 is 2.23 bits per heavy atom. The highest BCUT2D eigenvalue weighted by molar-refractivity contribution is 8.03. The summed E-state index contributed by atoms with van der Waals surface area (Å²) in [6.45, 7) is 14.5. The average Bonchev–Trinajstić information content (AvgIpc) is 3.40. The van der Waals surface area contributed by atoms with Crippen molar-refractivity contribution in [2.24, 2.45) is 0 Å². The lowest BCUT2D eigenvalue weighted by Gasteiger charge is -2.26. The molecule has 2 heterocycles. The minimum absolute atomic E-state index is 0.0889. The van der Waals surface area contributed by atoms with E-state index in [1.807, 2.05) is 61.6 Å². The molecule has 1 unspecified atom stereocenters. The minimum atomic E-state index is -0.524. The number of fused-ring (bicyclic) bond motifs is 3. The predicted molar refractivity (Wildman–Crippen MR) is 201 cm³/mol. The van der Waals surface area contributed by atoms with E-state index >= 15 is 0 Å². The maximum atomic E-state index is 11.7. The molecule has 0 fully saturated rings. The van der Waals surface area contributed by atoms with E-state index < -0.39 is 5.75 Å². The van der Waals surface area contributed by atoms with Crippen LogP contribution in [0.25, 0.3) is 61.5 Å². The Kier molecular flexibility index (Phi) is 7.75. The van der Waals surface area contributed by atoms with Crippen LogP contribution < -0.4 is 0 Å². The van der Waals surface area contributed by atoms with Crippen molar-refractivity contribution in [2.45, 2.75) is 24.2 Å². The molecule has 0 aromatic heterocycles. The lowest BCUT2D eigenvalue weighted by molar-refractivity contribution is 0.361. The van der Waals surface area contributed by atoms with Gasteiger partial charge < -0.3 is 15.3 Å². The Labute approximate surface area is 279 Å². The normalized spacial score (nSPS) is 15.6. The molecule has 1 atom stereocenters. The number of hydrogen-bond acceptors (Lipinski definition) is 4. The van der Waals surface area contributed by atoms with Crippen LogP contribution in [0.4, 0.5) is 0 Å². The van der Waals surface area contributed by atoms with Gasteiger partial charge in [-0.25, -0.2) is 0 Å². The van der Waals surface area contributed by atoms with Crippen LogP contribution in [0.15, 0.2) is 133 Å². The molecule has 5 aromatic carbocycles. The lowest BCUT2D eigenvalue weighted by atomic mass is 9.78. The Bertz CT molecular complexity index is 2300. The van der Waals surface area contributed by atoms with E-state index in [2.05, 4.69) is 80.4 Å². The van der Waals surface area contributed by atoms with Crippen LogP contribution in [0.3, 0.4) is 0 Å². The first-order valence-corrected chi connectivity index (χ1v) is 16.4. The van der Waals surface area contributed by atoms with Crippen LogP contribution in [0, 0.1) is 0 Å². The molecule has 3 N–H and O–H groups in total. The Morgan fingerprint density at radius 2 is 1.55 bits per heavy atom. The van der Waals surface area contributed by atoms with Crippen LogP contribution in [-0.4, -0.2) is 15.3 Å².